The van der Waals surface area contributed by atoms with Gasteiger partial charge in [-0.1, -0.05) is 28.1 Å². The first-order valence-electron chi connectivity index (χ1n) is 6.55. The number of benzene rings is 2. The molecule has 22 heavy (non-hydrogen) atoms. The molecule has 0 aliphatic carbocycles. The van der Waals surface area contributed by atoms with Gasteiger partial charge in [0.05, 0.1) is 0 Å². The summed E-state index contributed by atoms with van der Waals surface area (Å²) in [7, 11) is 0. The zero-order valence-corrected chi connectivity index (χ0v) is 13.4. The molecule has 0 aliphatic rings. The molecule has 0 spiro atoms. The summed E-state index contributed by atoms with van der Waals surface area (Å²) in [5.74, 6) is -1.84. The fraction of sp³-hybridized carbons (Fsp3) is 0.125. The van der Waals surface area contributed by atoms with E-state index >= 15 is 0 Å². The van der Waals surface area contributed by atoms with E-state index in [0.717, 1.165) is 10.0 Å². The first-order chi connectivity index (χ1) is 10.5. The SMILES string of the molecule is Cc1cc(NC(=O)C(=O)NCc2ccc(F)cc2)ccc1Br. The monoisotopic (exact) mass is 364 g/mol. The number of rotatable bonds is 3. The van der Waals surface area contributed by atoms with Crippen molar-refractivity contribution >= 4 is 33.4 Å². The lowest BCUT2D eigenvalue weighted by molar-refractivity contribution is -0.136. The van der Waals surface area contributed by atoms with Crippen LogP contribution in [0.3, 0.4) is 0 Å². The van der Waals surface area contributed by atoms with Gasteiger partial charge in [0, 0.05) is 16.7 Å². The summed E-state index contributed by atoms with van der Waals surface area (Å²) < 4.78 is 13.7. The summed E-state index contributed by atoms with van der Waals surface area (Å²) in [5, 5.41) is 5.01. The Balaban J connectivity index is 1.90. The molecule has 6 heteroatoms. The average Bonchev–Trinajstić information content (AvgIpc) is 2.50. The fourth-order valence-corrected chi connectivity index (χ4v) is 2.02. The van der Waals surface area contributed by atoms with Crippen LogP contribution in [0.15, 0.2) is 46.9 Å². The number of halogens is 2. The predicted molar refractivity (Wildman–Crippen MR) is 85.8 cm³/mol. The average molecular weight is 365 g/mol. The maximum atomic E-state index is 12.8. The number of hydrogen-bond acceptors (Lipinski definition) is 2. The minimum absolute atomic E-state index is 0.159. The van der Waals surface area contributed by atoms with Gasteiger partial charge in [-0.25, -0.2) is 4.39 Å². The predicted octanol–water partition coefficient (Wildman–Crippen LogP) is 3.15. The molecule has 0 unspecified atom stereocenters. The third kappa shape index (κ3) is 4.39. The summed E-state index contributed by atoms with van der Waals surface area (Å²) in [5.41, 5.74) is 2.20. The Hall–Kier alpha value is -2.21. The van der Waals surface area contributed by atoms with Gasteiger partial charge in [-0.3, -0.25) is 9.59 Å². The number of nitrogens with one attached hydrogen (secondary N) is 2. The number of amides is 2. The van der Waals surface area contributed by atoms with Gasteiger partial charge in [0.25, 0.3) is 0 Å². The Morgan fingerprint density at radius 3 is 2.41 bits per heavy atom. The van der Waals surface area contributed by atoms with Gasteiger partial charge in [-0.2, -0.15) is 0 Å². The van der Waals surface area contributed by atoms with Crippen LogP contribution in [0.4, 0.5) is 10.1 Å². The van der Waals surface area contributed by atoms with Crippen molar-refractivity contribution < 1.29 is 14.0 Å². The van der Waals surface area contributed by atoms with Crippen molar-refractivity contribution in [3.63, 3.8) is 0 Å². The Morgan fingerprint density at radius 1 is 1.09 bits per heavy atom. The zero-order chi connectivity index (χ0) is 16.1. The van der Waals surface area contributed by atoms with Crippen molar-refractivity contribution in [2.75, 3.05) is 5.32 Å². The van der Waals surface area contributed by atoms with Crippen LogP contribution in [0.25, 0.3) is 0 Å². The van der Waals surface area contributed by atoms with Crippen LogP contribution < -0.4 is 10.6 Å². The Kier molecular flexibility index (Phi) is 5.27. The van der Waals surface area contributed by atoms with E-state index < -0.39 is 11.8 Å². The number of anilines is 1. The lowest BCUT2D eigenvalue weighted by atomic mass is 10.2. The second kappa shape index (κ2) is 7.17. The van der Waals surface area contributed by atoms with E-state index in [-0.39, 0.29) is 12.4 Å². The fourth-order valence-electron chi connectivity index (χ4n) is 1.78. The minimum atomic E-state index is -0.746. The van der Waals surface area contributed by atoms with E-state index in [1.807, 2.05) is 6.92 Å². The number of hydrogen-bond donors (Lipinski definition) is 2. The van der Waals surface area contributed by atoms with E-state index in [0.29, 0.717) is 11.3 Å². The highest BCUT2D eigenvalue weighted by Gasteiger charge is 2.13. The first-order valence-corrected chi connectivity index (χ1v) is 7.35. The summed E-state index contributed by atoms with van der Waals surface area (Å²) in [6.45, 7) is 2.04. The van der Waals surface area contributed by atoms with Gasteiger partial charge in [-0.05, 0) is 48.4 Å². The van der Waals surface area contributed by atoms with Crippen LogP contribution in [0.2, 0.25) is 0 Å². The Bertz CT molecular complexity index is 702. The highest BCUT2D eigenvalue weighted by molar-refractivity contribution is 9.10. The van der Waals surface area contributed by atoms with Crippen LogP contribution in [0, 0.1) is 12.7 Å². The van der Waals surface area contributed by atoms with E-state index in [2.05, 4.69) is 26.6 Å². The van der Waals surface area contributed by atoms with Crippen LogP contribution in [-0.4, -0.2) is 11.8 Å². The Labute approximate surface area is 135 Å². The number of carbonyl (C=O) groups excluding carboxylic acids is 2. The largest absolute Gasteiger partial charge is 0.344 e. The van der Waals surface area contributed by atoms with E-state index in [1.54, 1.807) is 30.3 Å². The maximum absolute atomic E-state index is 12.8. The van der Waals surface area contributed by atoms with Crippen LogP contribution in [0.1, 0.15) is 11.1 Å². The van der Waals surface area contributed by atoms with Crippen molar-refractivity contribution in [2.45, 2.75) is 13.5 Å². The van der Waals surface area contributed by atoms with Gasteiger partial charge >= 0.3 is 11.8 Å². The molecule has 0 radical (unpaired) electrons. The normalized spacial score (nSPS) is 10.1. The number of aryl methyl sites for hydroxylation is 1. The van der Waals surface area contributed by atoms with Gasteiger partial charge in [0.15, 0.2) is 0 Å². The van der Waals surface area contributed by atoms with Gasteiger partial charge in [-0.15, -0.1) is 0 Å². The summed E-state index contributed by atoms with van der Waals surface area (Å²) >= 11 is 3.36. The maximum Gasteiger partial charge on any atom is 0.313 e. The van der Waals surface area contributed by atoms with Crippen molar-refractivity contribution in [1.82, 2.24) is 5.32 Å². The quantitative estimate of drug-likeness (QED) is 0.821. The smallest absolute Gasteiger partial charge is 0.313 e. The molecule has 0 saturated heterocycles. The molecule has 0 aromatic heterocycles. The lowest BCUT2D eigenvalue weighted by Gasteiger charge is -2.08. The highest BCUT2D eigenvalue weighted by atomic mass is 79.9. The molecule has 2 N–H and O–H groups in total. The third-order valence-electron chi connectivity index (χ3n) is 2.99. The van der Waals surface area contributed by atoms with Crippen molar-refractivity contribution in [1.29, 1.82) is 0 Å². The molecule has 0 bridgehead atoms. The molecular formula is C16H14BrFN2O2. The second-order valence-electron chi connectivity index (χ2n) is 4.73. The second-order valence-corrected chi connectivity index (χ2v) is 5.58. The highest BCUT2D eigenvalue weighted by Crippen LogP contribution is 2.19. The summed E-state index contributed by atoms with van der Waals surface area (Å²) in [6, 6.07) is 10.9. The molecule has 2 aromatic rings. The molecule has 114 valence electrons. The molecule has 2 rings (SSSR count). The summed E-state index contributed by atoms with van der Waals surface area (Å²) in [6.07, 6.45) is 0. The van der Waals surface area contributed by atoms with Crippen molar-refractivity contribution in [3.8, 4) is 0 Å². The topological polar surface area (TPSA) is 58.2 Å². The van der Waals surface area contributed by atoms with Crippen molar-refractivity contribution in [2.24, 2.45) is 0 Å². The van der Waals surface area contributed by atoms with Gasteiger partial charge < -0.3 is 10.6 Å². The molecular weight excluding hydrogens is 351 g/mol. The lowest BCUT2D eigenvalue weighted by Crippen LogP contribution is -2.34. The zero-order valence-electron chi connectivity index (χ0n) is 11.8. The van der Waals surface area contributed by atoms with E-state index in [4.69, 9.17) is 0 Å². The van der Waals surface area contributed by atoms with E-state index in [9.17, 15) is 14.0 Å². The van der Waals surface area contributed by atoms with Crippen LogP contribution in [-0.2, 0) is 16.1 Å². The molecule has 0 fully saturated rings. The molecule has 0 atom stereocenters. The first kappa shape index (κ1) is 16.2. The molecule has 0 saturated carbocycles. The molecule has 4 nitrogen and oxygen atoms in total. The van der Waals surface area contributed by atoms with Crippen LogP contribution in [0.5, 0.6) is 0 Å². The van der Waals surface area contributed by atoms with Crippen molar-refractivity contribution in [3.05, 3.63) is 63.9 Å². The standard InChI is InChI=1S/C16H14BrFN2O2/c1-10-8-13(6-7-14(10)17)20-16(22)15(21)19-9-11-2-4-12(18)5-3-11/h2-8H,9H2,1H3,(H,19,21)(H,20,22). The minimum Gasteiger partial charge on any atom is -0.344 e. The van der Waals surface area contributed by atoms with Gasteiger partial charge in [0.2, 0.25) is 0 Å². The van der Waals surface area contributed by atoms with Gasteiger partial charge in [0.1, 0.15) is 5.82 Å². The summed E-state index contributed by atoms with van der Waals surface area (Å²) in [4.78, 5) is 23.5. The number of carbonyl (C=O) groups is 2. The molecule has 0 aliphatic heterocycles. The molecule has 2 amide bonds. The van der Waals surface area contributed by atoms with Crippen LogP contribution >= 0.6 is 15.9 Å². The molecule has 2 aromatic carbocycles. The third-order valence-corrected chi connectivity index (χ3v) is 3.88. The Morgan fingerprint density at radius 2 is 1.77 bits per heavy atom. The molecule has 0 heterocycles. The van der Waals surface area contributed by atoms with E-state index in [1.165, 1.54) is 12.1 Å².